The van der Waals surface area contributed by atoms with Gasteiger partial charge in [-0.2, -0.15) is 11.3 Å². The summed E-state index contributed by atoms with van der Waals surface area (Å²) in [5, 5.41) is 19.8. The van der Waals surface area contributed by atoms with Crippen LogP contribution in [0.2, 0.25) is 0 Å². The first-order chi connectivity index (χ1) is 8.91. The molecule has 0 aromatic carbocycles. The Labute approximate surface area is 117 Å². The maximum atomic E-state index is 10.1. The number of thiophene rings is 1. The molecule has 0 saturated carbocycles. The quantitative estimate of drug-likeness (QED) is 0.606. The molecule has 0 radical (unpaired) electrons. The van der Waals surface area contributed by atoms with Crippen LogP contribution in [0.5, 0.6) is 0 Å². The zero-order valence-corrected chi connectivity index (χ0v) is 11.8. The van der Waals surface area contributed by atoms with E-state index in [9.17, 15) is 4.79 Å². The molecule has 0 aliphatic rings. The fraction of sp³-hybridized carbons (Fsp3) is 0.500. The molecule has 110 valence electrons. The molecule has 0 unspecified atom stereocenters. The predicted octanol–water partition coefficient (Wildman–Crippen LogP) is 1.37. The summed E-state index contributed by atoms with van der Waals surface area (Å²) in [6.45, 7) is 1.69. The van der Waals surface area contributed by atoms with Crippen molar-refractivity contribution in [3.05, 3.63) is 22.9 Å². The summed E-state index contributed by atoms with van der Waals surface area (Å²) in [5.74, 6) is -1.77. The van der Waals surface area contributed by atoms with Gasteiger partial charge in [0.15, 0.2) is 0 Å². The van der Waals surface area contributed by atoms with Gasteiger partial charge in [0.1, 0.15) is 6.04 Å². The Morgan fingerprint density at radius 3 is 1.95 bits per heavy atom. The zero-order valence-electron chi connectivity index (χ0n) is 11.0. The second-order valence-corrected chi connectivity index (χ2v) is 4.36. The number of rotatable bonds is 5. The lowest BCUT2D eigenvalue weighted by molar-refractivity contribution is -0.138. The van der Waals surface area contributed by atoms with E-state index in [1.807, 2.05) is 22.9 Å². The van der Waals surface area contributed by atoms with Gasteiger partial charge < -0.3 is 21.7 Å². The zero-order chi connectivity index (χ0) is 15.1. The van der Waals surface area contributed by atoms with Crippen molar-refractivity contribution < 1.29 is 19.8 Å². The molecule has 1 aromatic rings. The van der Waals surface area contributed by atoms with Gasteiger partial charge in [-0.25, -0.2) is 0 Å². The smallest absolute Gasteiger partial charge is 0.320 e. The molecule has 6 N–H and O–H groups in total. The maximum Gasteiger partial charge on any atom is 0.320 e. The van der Waals surface area contributed by atoms with Crippen molar-refractivity contribution in [1.82, 2.24) is 0 Å². The Balaban J connectivity index is 0. The minimum atomic E-state index is -0.933. The van der Waals surface area contributed by atoms with Gasteiger partial charge in [0.05, 0.1) is 0 Å². The van der Waals surface area contributed by atoms with Crippen LogP contribution in [0.3, 0.4) is 0 Å². The van der Waals surface area contributed by atoms with Crippen LogP contribution in [0.25, 0.3) is 0 Å². The van der Waals surface area contributed by atoms with Crippen LogP contribution in [0.4, 0.5) is 0 Å². The Morgan fingerprint density at radius 2 is 1.68 bits per heavy atom. The standard InChI is InChI=1S/C6H14N2O2.C4H4S.C2H4O2/c7-4-2-1-3-5(8)6(9)10;1-2-4-5-3-1;1-2(3)4/h5H,1-4,7-8H2,(H,9,10);1-4H;1H3,(H,3,4)/t5-;;/m0../s1. The predicted molar refractivity (Wildman–Crippen MR) is 76.1 cm³/mol. The lowest BCUT2D eigenvalue weighted by Crippen LogP contribution is -2.29. The highest BCUT2D eigenvalue weighted by Gasteiger charge is 2.09. The average Bonchev–Trinajstić information content (AvgIpc) is 2.86. The topological polar surface area (TPSA) is 127 Å². The Hall–Kier alpha value is -1.44. The van der Waals surface area contributed by atoms with E-state index in [4.69, 9.17) is 26.5 Å². The molecule has 0 amide bonds. The highest BCUT2D eigenvalue weighted by Crippen LogP contribution is 1.97. The third-order valence-corrected chi connectivity index (χ3v) is 2.34. The van der Waals surface area contributed by atoms with Crippen LogP contribution in [0.15, 0.2) is 22.9 Å². The van der Waals surface area contributed by atoms with Gasteiger partial charge in [0.2, 0.25) is 0 Å². The van der Waals surface area contributed by atoms with E-state index in [0.717, 1.165) is 19.8 Å². The molecule has 0 fully saturated rings. The van der Waals surface area contributed by atoms with Crippen LogP contribution < -0.4 is 11.5 Å². The minimum Gasteiger partial charge on any atom is -0.481 e. The second-order valence-electron chi connectivity index (χ2n) is 3.54. The van der Waals surface area contributed by atoms with Gasteiger partial charge in [-0.05, 0) is 30.1 Å². The number of carboxylic acids is 2. The number of nitrogens with two attached hydrogens (primary N) is 2. The summed E-state index contributed by atoms with van der Waals surface area (Å²) >= 11 is 1.71. The molecule has 1 heterocycles. The number of carbonyl (C=O) groups is 2. The van der Waals surface area contributed by atoms with Crippen molar-refractivity contribution >= 4 is 23.3 Å². The number of hydrogen-bond donors (Lipinski definition) is 4. The van der Waals surface area contributed by atoms with Gasteiger partial charge in [-0.1, -0.05) is 18.6 Å². The molecule has 0 aliphatic carbocycles. The molecule has 1 aromatic heterocycles. The number of hydrogen-bond acceptors (Lipinski definition) is 5. The van der Waals surface area contributed by atoms with Crippen LogP contribution in [0, 0.1) is 0 Å². The molecule has 1 rings (SSSR count). The summed E-state index contributed by atoms with van der Waals surface area (Å²) < 4.78 is 0. The molecule has 6 nitrogen and oxygen atoms in total. The molecular formula is C12H22N2O4S. The number of unbranched alkanes of at least 4 members (excludes halogenated alkanes) is 1. The molecule has 0 bridgehead atoms. The molecule has 0 aliphatic heterocycles. The summed E-state index contributed by atoms with van der Waals surface area (Å²) in [6, 6.07) is 3.32. The number of carboxylic acid groups (broad SMARTS) is 2. The monoisotopic (exact) mass is 290 g/mol. The molecule has 0 saturated heterocycles. The molecule has 0 spiro atoms. The summed E-state index contributed by atoms with van der Waals surface area (Å²) in [7, 11) is 0. The summed E-state index contributed by atoms with van der Waals surface area (Å²) in [5.41, 5.74) is 10.4. The van der Waals surface area contributed by atoms with E-state index in [1.165, 1.54) is 0 Å². The van der Waals surface area contributed by atoms with E-state index in [2.05, 4.69) is 0 Å². The van der Waals surface area contributed by atoms with Gasteiger partial charge in [-0.15, -0.1) is 0 Å². The van der Waals surface area contributed by atoms with Crippen molar-refractivity contribution in [3.63, 3.8) is 0 Å². The van der Waals surface area contributed by atoms with Gasteiger partial charge in [0.25, 0.3) is 5.97 Å². The summed E-state index contributed by atoms with van der Waals surface area (Å²) in [6.07, 6.45) is 2.16. The molecule has 19 heavy (non-hydrogen) atoms. The van der Waals surface area contributed by atoms with Crippen molar-refractivity contribution in [1.29, 1.82) is 0 Å². The molecule has 1 atom stereocenters. The van der Waals surface area contributed by atoms with E-state index < -0.39 is 18.0 Å². The maximum absolute atomic E-state index is 10.1. The second kappa shape index (κ2) is 14.6. The van der Waals surface area contributed by atoms with Gasteiger partial charge in [0, 0.05) is 6.92 Å². The van der Waals surface area contributed by atoms with E-state index in [1.54, 1.807) is 11.3 Å². The fourth-order valence-corrected chi connectivity index (χ4v) is 1.31. The normalized spacial score (nSPS) is 10.3. The van der Waals surface area contributed by atoms with Gasteiger partial charge >= 0.3 is 5.97 Å². The highest BCUT2D eigenvalue weighted by atomic mass is 32.1. The first kappa shape index (κ1) is 19.9. The first-order valence-corrected chi connectivity index (χ1v) is 6.71. The Kier molecular flexibility index (Phi) is 15.3. The lowest BCUT2D eigenvalue weighted by Gasteiger charge is -2.03. The largest absolute Gasteiger partial charge is 0.481 e. The highest BCUT2D eigenvalue weighted by molar-refractivity contribution is 7.07. The van der Waals surface area contributed by atoms with Crippen molar-refractivity contribution in [2.75, 3.05) is 6.54 Å². The van der Waals surface area contributed by atoms with Crippen LogP contribution in [0.1, 0.15) is 26.2 Å². The number of aliphatic carboxylic acids is 2. The van der Waals surface area contributed by atoms with Gasteiger partial charge in [-0.3, -0.25) is 9.59 Å². The van der Waals surface area contributed by atoms with Crippen LogP contribution in [-0.2, 0) is 9.59 Å². The van der Waals surface area contributed by atoms with Crippen LogP contribution >= 0.6 is 11.3 Å². The Morgan fingerprint density at radius 1 is 1.21 bits per heavy atom. The van der Waals surface area contributed by atoms with E-state index in [-0.39, 0.29) is 0 Å². The SMILES string of the molecule is CC(=O)O.NCCCC[C@H](N)C(=O)O.c1ccsc1. The van der Waals surface area contributed by atoms with Crippen molar-refractivity contribution in [2.24, 2.45) is 11.5 Å². The lowest BCUT2D eigenvalue weighted by atomic mass is 10.1. The first-order valence-electron chi connectivity index (χ1n) is 5.77. The van der Waals surface area contributed by atoms with Crippen molar-refractivity contribution in [2.45, 2.75) is 32.2 Å². The third-order valence-electron chi connectivity index (χ3n) is 1.71. The van der Waals surface area contributed by atoms with E-state index >= 15 is 0 Å². The minimum absolute atomic E-state index is 0.520. The molecular weight excluding hydrogens is 268 g/mol. The third kappa shape index (κ3) is 22.3. The molecule has 7 heteroatoms. The van der Waals surface area contributed by atoms with Crippen molar-refractivity contribution in [3.8, 4) is 0 Å². The Bertz CT molecular complexity index is 296. The van der Waals surface area contributed by atoms with E-state index in [0.29, 0.717) is 13.0 Å². The summed E-state index contributed by atoms with van der Waals surface area (Å²) in [4.78, 5) is 19.1. The van der Waals surface area contributed by atoms with Crippen LogP contribution in [-0.4, -0.2) is 34.7 Å². The fourth-order valence-electron chi connectivity index (χ4n) is 0.859. The average molecular weight is 290 g/mol.